The minimum Gasteiger partial charge on any atom is -0.456 e. The van der Waals surface area contributed by atoms with E-state index in [-0.39, 0.29) is 13.2 Å². The molecule has 0 spiro atoms. The Kier molecular flexibility index (Phi) is 4.14. The second kappa shape index (κ2) is 6.01. The van der Waals surface area contributed by atoms with Crippen molar-refractivity contribution in [3.8, 4) is 17.6 Å². The van der Waals surface area contributed by atoms with E-state index in [1.165, 1.54) is 0 Å². The molecule has 0 saturated heterocycles. The average molecular weight is 255 g/mol. The van der Waals surface area contributed by atoms with Crippen LogP contribution in [-0.4, -0.2) is 10.2 Å². The van der Waals surface area contributed by atoms with Crippen LogP contribution >= 0.6 is 0 Å². The number of nitriles is 1. The second-order valence-electron chi connectivity index (χ2n) is 4.01. The van der Waals surface area contributed by atoms with Gasteiger partial charge in [0.2, 0.25) is 0 Å². The first-order valence-electron chi connectivity index (χ1n) is 5.78. The molecule has 0 aliphatic rings. The standard InChI is InChI=1S/C15H13NO3/c16-8-13-6-12(10-18)4-5-15(13)19-14-3-1-2-11(7-14)9-17/h1-7,17-18H,9-10H2. The Morgan fingerprint density at radius 2 is 1.74 bits per heavy atom. The molecule has 4 nitrogen and oxygen atoms in total. The number of rotatable bonds is 4. The molecule has 0 unspecified atom stereocenters. The van der Waals surface area contributed by atoms with E-state index in [1.807, 2.05) is 6.07 Å². The number of ether oxygens (including phenoxy) is 1. The third-order valence-electron chi connectivity index (χ3n) is 2.66. The first-order chi connectivity index (χ1) is 9.26. The van der Waals surface area contributed by atoms with Crippen LogP contribution in [0.1, 0.15) is 16.7 Å². The van der Waals surface area contributed by atoms with Crippen LogP contribution in [-0.2, 0) is 13.2 Å². The summed E-state index contributed by atoms with van der Waals surface area (Å²) in [6.07, 6.45) is 0. The fourth-order valence-corrected chi connectivity index (χ4v) is 1.69. The number of nitrogens with zero attached hydrogens (tertiary/aromatic N) is 1. The van der Waals surface area contributed by atoms with E-state index in [4.69, 9.17) is 20.2 Å². The predicted molar refractivity (Wildman–Crippen MR) is 69.5 cm³/mol. The van der Waals surface area contributed by atoms with Gasteiger partial charge >= 0.3 is 0 Å². The Hall–Kier alpha value is -2.35. The van der Waals surface area contributed by atoms with Gasteiger partial charge in [-0.05, 0) is 35.4 Å². The van der Waals surface area contributed by atoms with Crippen LogP contribution in [0, 0.1) is 11.3 Å². The van der Waals surface area contributed by atoms with Gasteiger partial charge in [0, 0.05) is 0 Å². The Labute approximate surface area is 111 Å². The van der Waals surface area contributed by atoms with Gasteiger partial charge < -0.3 is 14.9 Å². The van der Waals surface area contributed by atoms with Crippen molar-refractivity contribution < 1.29 is 14.9 Å². The SMILES string of the molecule is N#Cc1cc(CO)ccc1Oc1cccc(CO)c1. The van der Waals surface area contributed by atoms with E-state index in [9.17, 15) is 0 Å². The summed E-state index contributed by atoms with van der Waals surface area (Å²) in [7, 11) is 0. The molecule has 0 amide bonds. The molecule has 0 radical (unpaired) electrons. The Morgan fingerprint density at radius 1 is 1.00 bits per heavy atom. The molecule has 0 aliphatic heterocycles. The van der Waals surface area contributed by atoms with Crippen molar-refractivity contribution in [2.75, 3.05) is 0 Å². The van der Waals surface area contributed by atoms with E-state index < -0.39 is 0 Å². The van der Waals surface area contributed by atoms with Crippen LogP contribution in [0.5, 0.6) is 11.5 Å². The summed E-state index contributed by atoms with van der Waals surface area (Å²) in [5.74, 6) is 0.981. The minimum atomic E-state index is -0.116. The number of aliphatic hydroxyl groups excluding tert-OH is 2. The smallest absolute Gasteiger partial charge is 0.145 e. The van der Waals surface area contributed by atoms with Crippen LogP contribution in [0.3, 0.4) is 0 Å². The molecule has 19 heavy (non-hydrogen) atoms. The van der Waals surface area contributed by atoms with E-state index in [1.54, 1.807) is 42.5 Å². The van der Waals surface area contributed by atoms with Gasteiger partial charge in [-0.15, -0.1) is 0 Å². The normalized spacial score (nSPS) is 9.95. The fraction of sp³-hybridized carbons (Fsp3) is 0.133. The Bertz CT molecular complexity index is 617. The third-order valence-corrected chi connectivity index (χ3v) is 2.66. The molecule has 4 heteroatoms. The molecule has 96 valence electrons. The number of hydrogen-bond donors (Lipinski definition) is 2. The van der Waals surface area contributed by atoms with Crippen molar-refractivity contribution in [2.45, 2.75) is 13.2 Å². The molecule has 0 fully saturated rings. The van der Waals surface area contributed by atoms with Crippen molar-refractivity contribution >= 4 is 0 Å². The summed E-state index contributed by atoms with van der Waals surface area (Å²) in [5, 5.41) is 27.2. The lowest BCUT2D eigenvalue weighted by Crippen LogP contribution is -1.92. The zero-order valence-corrected chi connectivity index (χ0v) is 10.2. The van der Waals surface area contributed by atoms with Crippen molar-refractivity contribution in [3.63, 3.8) is 0 Å². The molecule has 2 rings (SSSR count). The minimum absolute atomic E-state index is 0.0637. The molecular weight excluding hydrogens is 242 g/mol. The van der Waals surface area contributed by atoms with Gasteiger partial charge in [0.15, 0.2) is 0 Å². The summed E-state index contributed by atoms with van der Waals surface area (Å²) < 4.78 is 5.63. The van der Waals surface area contributed by atoms with Crippen molar-refractivity contribution in [3.05, 3.63) is 59.2 Å². The van der Waals surface area contributed by atoms with Gasteiger partial charge in [0.25, 0.3) is 0 Å². The highest BCUT2D eigenvalue weighted by atomic mass is 16.5. The Balaban J connectivity index is 2.30. The summed E-state index contributed by atoms with van der Waals surface area (Å²) in [6.45, 7) is -0.180. The van der Waals surface area contributed by atoms with E-state index in [2.05, 4.69) is 0 Å². The fourth-order valence-electron chi connectivity index (χ4n) is 1.69. The summed E-state index contributed by atoms with van der Waals surface area (Å²) in [4.78, 5) is 0. The van der Waals surface area contributed by atoms with Gasteiger partial charge in [0.05, 0.1) is 18.8 Å². The maximum Gasteiger partial charge on any atom is 0.145 e. The lowest BCUT2D eigenvalue weighted by atomic mass is 10.1. The molecule has 2 aromatic carbocycles. The lowest BCUT2D eigenvalue weighted by Gasteiger charge is -2.09. The zero-order chi connectivity index (χ0) is 13.7. The highest BCUT2D eigenvalue weighted by Crippen LogP contribution is 2.26. The largest absolute Gasteiger partial charge is 0.456 e. The average Bonchev–Trinajstić information content (AvgIpc) is 2.48. The third kappa shape index (κ3) is 3.10. The predicted octanol–water partition coefficient (Wildman–Crippen LogP) is 2.34. The number of aliphatic hydroxyl groups is 2. The summed E-state index contributed by atoms with van der Waals surface area (Å²) in [6, 6.07) is 14.0. The van der Waals surface area contributed by atoms with Gasteiger partial charge in [-0.3, -0.25) is 0 Å². The summed E-state index contributed by atoms with van der Waals surface area (Å²) >= 11 is 0. The molecule has 0 aliphatic carbocycles. The van der Waals surface area contributed by atoms with E-state index in [0.717, 1.165) is 5.56 Å². The first-order valence-corrected chi connectivity index (χ1v) is 5.78. The molecule has 0 atom stereocenters. The topological polar surface area (TPSA) is 73.5 Å². The van der Waals surface area contributed by atoms with E-state index in [0.29, 0.717) is 22.6 Å². The molecule has 2 N–H and O–H groups in total. The highest BCUT2D eigenvalue weighted by molar-refractivity contribution is 5.47. The van der Waals surface area contributed by atoms with Crippen LogP contribution in [0.4, 0.5) is 0 Å². The van der Waals surface area contributed by atoms with Gasteiger partial charge in [-0.25, -0.2) is 0 Å². The molecule has 0 aromatic heterocycles. The van der Waals surface area contributed by atoms with Crippen LogP contribution in [0.2, 0.25) is 0 Å². The lowest BCUT2D eigenvalue weighted by molar-refractivity contribution is 0.281. The first kappa shape index (κ1) is 13.1. The zero-order valence-electron chi connectivity index (χ0n) is 10.2. The van der Waals surface area contributed by atoms with E-state index >= 15 is 0 Å². The maximum absolute atomic E-state index is 9.07. The molecular formula is C15H13NO3. The summed E-state index contributed by atoms with van der Waals surface area (Å²) in [5.41, 5.74) is 1.76. The highest BCUT2D eigenvalue weighted by Gasteiger charge is 2.06. The van der Waals surface area contributed by atoms with Crippen molar-refractivity contribution in [1.82, 2.24) is 0 Å². The van der Waals surface area contributed by atoms with Crippen LogP contribution in [0.15, 0.2) is 42.5 Å². The van der Waals surface area contributed by atoms with Gasteiger partial charge in [-0.1, -0.05) is 18.2 Å². The van der Waals surface area contributed by atoms with Gasteiger partial charge in [0.1, 0.15) is 17.6 Å². The second-order valence-corrected chi connectivity index (χ2v) is 4.01. The molecule has 0 heterocycles. The quantitative estimate of drug-likeness (QED) is 0.879. The number of benzene rings is 2. The van der Waals surface area contributed by atoms with Crippen LogP contribution < -0.4 is 4.74 Å². The van der Waals surface area contributed by atoms with Crippen molar-refractivity contribution in [1.29, 1.82) is 5.26 Å². The molecule has 2 aromatic rings. The van der Waals surface area contributed by atoms with Gasteiger partial charge in [-0.2, -0.15) is 5.26 Å². The molecule has 0 bridgehead atoms. The number of hydrogen-bond acceptors (Lipinski definition) is 4. The monoisotopic (exact) mass is 255 g/mol. The Morgan fingerprint density at radius 3 is 2.42 bits per heavy atom. The maximum atomic E-state index is 9.07. The molecule has 0 saturated carbocycles. The van der Waals surface area contributed by atoms with Crippen molar-refractivity contribution in [2.24, 2.45) is 0 Å². The van der Waals surface area contributed by atoms with Crippen LogP contribution in [0.25, 0.3) is 0 Å².